The summed E-state index contributed by atoms with van der Waals surface area (Å²) in [6.45, 7) is 6.39. The minimum absolute atomic E-state index is 0. The summed E-state index contributed by atoms with van der Waals surface area (Å²) in [6, 6.07) is 4.49. The van der Waals surface area contributed by atoms with Crippen LogP contribution in [-0.2, 0) is 9.47 Å². The Morgan fingerprint density at radius 3 is 2.76 bits per heavy atom. The summed E-state index contributed by atoms with van der Waals surface area (Å²) in [6.07, 6.45) is 1.06. The van der Waals surface area contributed by atoms with Crippen molar-refractivity contribution >= 4 is 35.8 Å². The monoisotopic (exact) mass is 522 g/mol. The molecule has 1 saturated heterocycles. The Labute approximate surface area is 189 Å². The summed E-state index contributed by atoms with van der Waals surface area (Å²) in [5.74, 6) is 0.632. The van der Waals surface area contributed by atoms with Crippen LogP contribution < -0.4 is 10.6 Å². The molecule has 1 atom stereocenters. The van der Waals surface area contributed by atoms with Gasteiger partial charge >= 0.3 is 0 Å². The largest absolute Gasteiger partial charge is 0.382 e. The number of methoxy groups -OCH3 is 1. The van der Waals surface area contributed by atoms with Crippen LogP contribution in [0, 0.1) is 18.7 Å². The second-order valence-corrected chi connectivity index (χ2v) is 6.86. The fraction of sp³-hybridized carbons (Fsp3) is 0.600. The van der Waals surface area contributed by atoms with Crippen LogP contribution in [0.15, 0.2) is 23.2 Å². The number of ether oxygens (including phenoxy) is 2. The van der Waals surface area contributed by atoms with Gasteiger partial charge < -0.3 is 25.0 Å². The molecule has 9 heteroatoms. The molecule has 1 aliphatic rings. The predicted molar refractivity (Wildman–Crippen MR) is 123 cm³/mol. The van der Waals surface area contributed by atoms with E-state index in [4.69, 9.17) is 9.47 Å². The number of carbonyl (C=O) groups is 1. The molecule has 1 amide bonds. The van der Waals surface area contributed by atoms with Gasteiger partial charge in [-0.1, -0.05) is 6.07 Å². The highest BCUT2D eigenvalue weighted by molar-refractivity contribution is 14.0. The number of hydrogen-bond acceptors (Lipinski definition) is 4. The maximum Gasteiger partial charge on any atom is 0.251 e. The van der Waals surface area contributed by atoms with Gasteiger partial charge in [-0.2, -0.15) is 0 Å². The number of rotatable bonds is 9. The first-order chi connectivity index (χ1) is 13.5. The Balaban J connectivity index is 0.00000420. The van der Waals surface area contributed by atoms with Gasteiger partial charge in [0.05, 0.1) is 19.8 Å². The van der Waals surface area contributed by atoms with E-state index in [1.165, 1.54) is 6.07 Å². The number of halogens is 2. The molecule has 164 valence electrons. The number of carbonyl (C=O) groups excluding carboxylic acids is 1. The van der Waals surface area contributed by atoms with Crippen molar-refractivity contribution in [1.29, 1.82) is 0 Å². The predicted octanol–water partition coefficient (Wildman–Crippen LogP) is 2.04. The summed E-state index contributed by atoms with van der Waals surface area (Å²) < 4.78 is 24.2. The highest BCUT2D eigenvalue weighted by atomic mass is 127. The zero-order valence-electron chi connectivity index (χ0n) is 17.4. The minimum atomic E-state index is -0.374. The van der Waals surface area contributed by atoms with Crippen LogP contribution in [0.1, 0.15) is 22.3 Å². The van der Waals surface area contributed by atoms with Crippen LogP contribution in [0.2, 0.25) is 0 Å². The van der Waals surface area contributed by atoms with Gasteiger partial charge in [0.1, 0.15) is 5.82 Å². The summed E-state index contributed by atoms with van der Waals surface area (Å²) in [7, 11) is 3.41. The minimum Gasteiger partial charge on any atom is -0.382 e. The fourth-order valence-corrected chi connectivity index (χ4v) is 3.07. The van der Waals surface area contributed by atoms with Crippen molar-refractivity contribution in [2.24, 2.45) is 10.9 Å². The lowest BCUT2D eigenvalue weighted by molar-refractivity contribution is 0.0536. The maximum absolute atomic E-state index is 13.6. The lowest BCUT2D eigenvalue weighted by Crippen LogP contribution is -2.43. The molecule has 0 spiro atoms. The zero-order chi connectivity index (χ0) is 20.4. The number of aliphatic imine (C=N–C) groups is 1. The molecule has 1 aromatic rings. The number of guanidine groups is 1. The third-order valence-corrected chi connectivity index (χ3v) is 4.71. The van der Waals surface area contributed by atoms with Gasteiger partial charge in [0.25, 0.3) is 5.91 Å². The number of amides is 1. The molecule has 1 unspecified atom stereocenters. The highest BCUT2D eigenvalue weighted by Crippen LogP contribution is 2.16. The molecule has 0 aliphatic carbocycles. The van der Waals surface area contributed by atoms with Crippen molar-refractivity contribution in [2.45, 2.75) is 13.3 Å². The first kappa shape index (κ1) is 25.6. The van der Waals surface area contributed by atoms with E-state index in [0.29, 0.717) is 43.3 Å². The number of aryl methyl sites for hydroxylation is 1. The number of hydrogen-bond donors (Lipinski definition) is 2. The van der Waals surface area contributed by atoms with Crippen LogP contribution in [-0.4, -0.2) is 76.9 Å². The van der Waals surface area contributed by atoms with Crippen LogP contribution in [0.5, 0.6) is 0 Å². The van der Waals surface area contributed by atoms with Crippen molar-refractivity contribution in [2.75, 3.05) is 60.2 Å². The Hall–Kier alpha value is -1.46. The second kappa shape index (κ2) is 13.7. The SMILES string of the molecule is CN=C(NCCNC(=O)c1ccc(C)c(F)c1)N1CCC(COCCOC)C1.I. The maximum atomic E-state index is 13.6. The van der Waals surface area contributed by atoms with Gasteiger partial charge in [0.2, 0.25) is 0 Å². The van der Waals surface area contributed by atoms with E-state index in [1.54, 1.807) is 33.2 Å². The average molecular weight is 522 g/mol. The van der Waals surface area contributed by atoms with Crippen molar-refractivity contribution < 1.29 is 18.7 Å². The molecule has 29 heavy (non-hydrogen) atoms. The molecule has 2 N–H and O–H groups in total. The van der Waals surface area contributed by atoms with E-state index in [1.807, 2.05) is 0 Å². The molecular formula is C20H32FIN4O3. The molecule has 2 rings (SSSR count). The summed E-state index contributed by atoms with van der Waals surface area (Å²) in [4.78, 5) is 18.6. The van der Waals surface area contributed by atoms with Gasteiger partial charge in [0, 0.05) is 51.8 Å². The summed E-state index contributed by atoms with van der Waals surface area (Å²) in [5.41, 5.74) is 0.846. The van der Waals surface area contributed by atoms with Crippen LogP contribution >= 0.6 is 24.0 Å². The third kappa shape index (κ3) is 8.43. The second-order valence-electron chi connectivity index (χ2n) is 6.86. The van der Waals surface area contributed by atoms with E-state index in [9.17, 15) is 9.18 Å². The zero-order valence-corrected chi connectivity index (χ0v) is 19.7. The Kier molecular flexibility index (Phi) is 12.1. The van der Waals surface area contributed by atoms with E-state index in [-0.39, 0.29) is 35.7 Å². The number of likely N-dealkylation sites (tertiary alicyclic amines) is 1. The van der Waals surface area contributed by atoms with Crippen molar-refractivity contribution in [3.05, 3.63) is 35.1 Å². The summed E-state index contributed by atoms with van der Waals surface area (Å²) >= 11 is 0. The van der Waals surface area contributed by atoms with Gasteiger partial charge in [-0.25, -0.2) is 4.39 Å². The molecule has 1 aliphatic heterocycles. The molecule has 1 heterocycles. The normalized spacial score (nSPS) is 16.5. The standard InChI is InChI=1S/C20H31FN4O3.HI/c1-15-4-5-17(12-18(15)21)19(26)23-7-8-24-20(22-2)25-9-6-16(13-25)14-28-11-10-27-3;/h4-5,12,16H,6-11,13-14H2,1-3H3,(H,22,24)(H,23,26);1H. The van der Waals surface area contributed by atoms with E-state index in [2.05, 4.69) is 20.5 Å². The average Bonchev–Trinajstić information content (AvgIpc) is 3.16. The fourth-order valence-electron chi connectivity index (χ4n) is 3.07. The molecule has 0 radical (unpaired) electrons. The highest BCUT2D eigenvalue weighted by Gasteiger charge is 2.24. The lowest BCUT2D eigenvalue weighted by Gasteiger charge is -2.22. The molecular weight excluding hydrogens is 490 g/mol. The molecule has 0 aromatic heterocycles. The number of nitrogens with zero attached hydrogens (tertiary/aromatic N) is 2. The van der Waals surface area contributed by atoms with E-state index in [0.717, 1.165) is 32.1 Å². The van der Waals surface area contributed by atoms with Gasteiger partial charge in [-0.3, -0.25) is 9.79 Å². The van der Waals surface area contributed by atoms with Crippen molar-refractivity contribution in [1.82, 2.24) is 15.5 Å². The van der Waals surface area contributed by atoms with E-state index >= 15 is 0 Å². The lowest BCUT2D eigenvalue weighted by atomic mass is 10.1. The van der Waals surface area contributed by atoms with Crippen LogP contribution in [0.4, 0.5) is 4.39 Å². The van der Waals surface area contributed by atoms with Gasteiger partial charge in [-0.15, -0.1) is 24.0 Å². The first-order valence-electron chi connectivity index (χ1n) is 9.61. The van der Waals surface area contributed by atoms with Crippen LogP contribution in [0.3, 0.4) is 0 Å². The quantitative estimate of drug-likeness (QED) is 0.225. The third-order valence-electron chi connectivity index (χ3n) is 4.71. The topological polar surface area (TPSA) is 75.2 Å². The molecule has 1 aromatic carbocycles. The van der Waals surface area contributed by atoms with Crippen molar-refractivity contribution in [3.63, 3.8) is 0 Å². The Morgan fingerprint density at radius 1 is 1.31 bits per heavy atom. The molecule has 0 bridgehead atoms. The van der Waals surface area contributed by atoms with Gasteiger partial charge in [0.15, 0.2) is 5.96 Å². The van der Waals surface area contributed by atoms with E-state index < -0.39 is 0 Å². The molecule has 1 fully saturated rings. The molecule has 0 saturated carbocycles. The summed E-state index contributed by atoms with van der Waals surface area (Å²) in [5, 5.41) is 6.05. The smallest absolute Gasteiger partial charge is 0.251 e. The number of benzene rings is 1. The Morgan fingerprint density at radius 2 is 2.07 bits per heavy atom. The molecule has 7 nitrogen and oxygen atoms in total. The first-order valence-corrected chi connectivity index (χ1v) is 9.61. The van der Waals surface area contributed by atoms with Gasteiger partial charge in [-0.05, 0) is 31.0 Å². The number of nitrogens with one attached hydrogen (secondary N) is 2. The Bertz CT molecular complexity index is 675. The van der Waals surface area contributed by atoms with Crippen molar-refractivity contribution in [3.8, 4) is 0 Å². The van der Waals surface area contributed by atoms with Crippen LogP contribution in [0.25, 0.3) is 0 Å².